The molecule has 248 valence electrons. The first kappa shape index (κ1) is 29.6. The SMILES string of the molecule is C1=CCCC(c2ccccc2N(c2ccc3c(c2)C2C=CC=C4C=C5C=CCCC5=C3C42)c2ccc3c(c2)c2ccccc2n3-c2ccccc2)=C1. The van der Waals surface area contributed by atoms with Crippen molar-refractivity contribution in [2.75, 3.05) is 4.90 Å². The third-order valence-electron chi connectivity index (χ3n) is 11.9. The van der Waals surface area contributed by atoms with E-state index in [9.17, 15) is 0 Å². The standard InChI is InChI=1S/C50H38N2/c1-3-14-33(15-4-1)39-20-9-11-24-46(39)51(38-27-29-48-45(32-38)41-22-10-12-25-47(41)52(48)36-18-5-2-6-19-36)37-26-28-43-44(31-37)42-23-13-17-35-30-34-16-7-8-21-40(34)50(43)49(35)42/h1-3,5-7,9-14,16-20,22-32,42,49H,4,8,15,21H2. The minimum atomic E-state index is 0.343. The summed E-state index contributed by atoms with van der Waals surface area (Å²) >= 11 is 0. The Balaban J connectivity index is 1.14. The van der Waals surface area contributed by atoms with Gasteiger partial charge in [0, 0.05) is 45.2 Å². The Labute approximate surface area is 305 Å². The van der Waals surface area contributed by atoms with Crippen LogP contribution in [0.15, 0.2) is 187 Å². The van der Waals surface area contributed by atoms with Crippen LogP contribution in [0.2, 0.25) is 0 Å². The average Bonchev–Trinajstić information content (AvgIpc) is 3.72. The number of para-hydroxylation sites is 3. The molecule has 2 atom stereocenters. The summed E-state index contributed by atoms with van der Waals surface area (Å²) in [6.07, 6.45) is 25.4. The van der Waals surface area contributed by atoms with Crippen molar-refractivity contribution in [2.45, 2.75) is 31.6 Å². The molecule has 5 aliphatic rings. The van der Waals surface area contributed by atoms with Gasteiger partial charge in [-0.1, -0.05) is 115 Å². The molecule has 1 aromatic heterocycles. The number of hydrogen-bond donors (Lipinski definition) is 0. The molecule has 5 aliphatic carbocycles. The molecule has 1 heterocycles. The lowest BCUT2D eigenvalue weighted by molar-refractivity contribution is 0.711. The Kier molecular flexibility index (Phi) is 6.67. The molecule has 0 amide bonds. The number of anilines is 3. The Bertz CT molecular complexity index is 2690. The Morgan fingerprint density at radius 3 is 2.37 bits per heavy atom. The third-order valence-corrected chi connectivity index (χ3v) is 11.9. The summed E-state index contributed by atoms with van der Waals surface area (Å²) < 4.78 is 2.40. The molecular weight excluding hydrogens is 629 g/mol. The molecule has 0 bridgehead atoms. The van der Waals surface area contributed by atoms with Crippen LogP contribution in [0.1, 0.15) is 48.3 Å². The van der Waals surface area contributed by atoms with Crippen molar-refractivity contribution >= 4 is 50.0 Å². The normalized spacial score (nSPS) is 19.7. The third kappa shape index (κ3) is 4.43. The van der Waals surface area contributed by atoms with Crippen LogP contribution in [0.5, 0.6) is 0 Å². The number of nitrogens with zero attached hydrogens (tertiary/aromatic N) is 2. The van der Waals surface area contributed by atoms with E-state index in [1.54, 1.807) is 11.1 Å². The molecule has 52 heavy (non-hydrogen) atoms. The lowest BCUT2D eigenvalue weighted by atomic mass is 9.72. The van der Waals surface area contributed by atoms with Crippen molar-refractivity contribution in [3.63, 3.8) is 0 Å². The van der Waals surface area contributed by atoms with Gasteiger partial charge in [0.1, 0.15) is 0 Å². The minimum Gasteiger partial charge on any atom is -0.310 e. The van der Waals surface area contributed by atoms with Gasteiger partial charge in [-0.2, -0.15) is 0 Å². The smallest absolute Gasteiger partial charge is 0.0542 e. The van der Waals surface area contributed by atoms with E-state index >= 15 is 0 Å². The fraction of sp³-hybridized carbons (Fsp3) is 0.120. The van der Waals surface area contributed by atoms with E-state index in [1.807, 2.05) is 0 Å². The van der Waals surface area contributed by atoms with E-state index in [0.717, 1.165) is 25.7 Å². The number of allylic oxidation sites excluding steroid dienone is 14. The van der Waals surface area contributed by atoms with Crippen molar-refractivity contribution in [3.05, 3.63) is 203 Å². The zero-order chi connectivity index (χ0) is 34.2. The van der Waals surface area contributed by atoms with Crippen LogP contribution < -0.4 is 4.90 Å². The van der Waals surface area contributed by atoms with Gasteiger partial charge in [0.05, 0.1) is 16.7 Å². The second-order valence-electron chi connectivity index (χ2n) is 14.7. The van der Waals surface area contributed by atoms with Gasteiger partial charge >= 0.3 is 0 Å². The van der Waals surface area contributed by atoms with Crippen molar-refractivity contribution < 1.29 is 0 Å². The molecule has 0 fully saturated rings. The maximum Gasteiger partial charge on any atom is 0.0542 e. The highest BCUT2D eigenvalue weighted by atomic mass is 15.1. The van der Waals surface area contributed by atoms with Gasteiger partial charge in [-0.25, -0.2) is 0 Å². The van der Waals surface area contributed by atoms with Crippen molar-refractivity contribution in [1.82, 2.24) is 4.57 Å². The largest absolute Gasteiger partial charge is 0.310 e. The van der Waals surface area contributed by atoms with Crippen LogP contribution in [0.4, 0.5) is 17.1 Å². The highest BCUT2D eigenvalue weighted by molar-refractivity contribution is 6.11. The Hall–Kier alpha value is -6.12. The van der Waals surface area contributed by atoms with Gasteiger partial charge in [0.2, 0.25) is 0 Å². The fourth-order valence-electron chi connectivity index (χ4n) is 9.64. The molecular formula is C50H38N2. The first-order valence-corrected chi connectivity index (χ1v) is 18.8. The van der Waals surface area contributed by atoms with E-state index in [-0.39, 0.29) is 0 Å². The van der Waals surface area contributed by atoms with E-state index in [0.29, 0.717) is 11.8 Å². The monoisotopic (exact) mass is 666 g/mol. The maximum atomic E-state index is 2.53. The van der Waals surface area contributed by atoms with Gasteiger partial charge in [-0.05, 0) is 119 Å². The summed E-state index contributed by atoms with van der Waals surface area (Å²) in [5.74, 6) is 0.747. The molecule has 0 spiro atoms. The Morgan fingerprint density at radius 2 is 1.44 bits per heavy atom. The summed E-state index contributed by atoms with van der Waals surface area (Å²) in [5.41, 5.74) is 18.7. The fourth-order valence-corrected chi connectivity index (χ4v) is 9.64. The van der Waals surface area contributed by atoms with Crippen LogP contribution in [0.25, 0.3) is 38.6 Å². The molecule has 0 N–H and O–H groups in total. The van der Waals surface area contributed by atoms with E-state index in [1.165, 1.54) is 78.0 Å². The van der Waals surface area contributed by atoms with Crippen LogP contribution in [0, 0.1) is 5.92 Å². The number of fused-ring (bicyclic) bond motifs is 7. The van der Waals surface area contributed by atoms with Crippen molar-refractivity contribution in [1.29, 1.82) is 0 Å². The molecule has 0 saturated heterocycles. The predicted molar refractivity (Wildman–Crippen MR) is 219 cm³/mol. The molecule has 6 aromatic rings. The second kappa shape index (κ2) is 11.7. The highest BCUT2D eigenvalue weighted by Crippen LogP contribution is 2.58. The number of hydrogen-bond acceptors (Lipinski definition) is 1. The van der Waals surface area contributed by atoms with Crippen LogP contribution in [0.3, 0.4) is 0 Å². The second-order valence-corrected chi connectivity index (χ2v) is 14.7. The quantitative estimate of drug-likeness (QED) is 0.178. The predicted octanol–water partition coefficient (Wildman–Crippen LogP) is 13.2. The van der Waals surface area contributed by atoms with Crippen molar-refractivity contribution in [2.24, 2.45) is 5.92 Å². The number of rotatable bonds is 5. The lowest BCUT2D eigenvalue weighted by Gasteiger charge is -2.31. The summed E-state index contributed by atoms with van der Waals surface area (Å²) in [5, 5.41) is 2.52. The van der Waals surface area contributed by atoms with Gasteiger partial charge in [0.25, 0.3) is 0 Å². The molecule has 0 aliphatic heterocycles. The Morgan fingerprint density at radius 1 is 0.635 bits per heavy atom. The van der Waals surface area contributed by atoms with Gasteiger partial charge in [-0.15, -0.1) is 0 Å². The summed E-state index contributed by atoms with van der Waals surface area (Å²) in [7, 11) is 0. The molecule has 2 nitrogen and oxygen atoms in total. The molecule has 5 aromatic carbocycles. The zero-order valence-corrected chi connectivity index (χ0v) is 29.0. The first-order chi connectivity index (χ1) is 25.8. The highest BCUT2D eigenvalue weighted by Gasteiger charge is 2.42. The topological polar surface area (TPSA) is 8.17 Å². The van der Waals surface area contributed by atoms with Crippen LogP contribution in [-0.4, -0.2) is 4.57 Å². The molecule has 2 heteroatoms. The van der Waals surface area contributed by atoms with Gasteiger partial charge in [-0.3, -0.25) is 0 Å². The van der Waals surface area contributed by atoms with Gasteiger partial charge < -0.3 is 9.47 Å². The summed E-state index contributed by atoms with van der Waals surface area (Å²) in [4.78, 5) is 2.53. The van der Waals surface area contributed by atoms with E-state index in [2.05, 4.69) is 179 Å². The molecule has 2 unspecified atom stereocenters. The lowest BCUT2D eigenvalue weighted by Crippen LogP contribution is -2.16. The van der Waals surface area contributed by atoms with Gasteiger partial charge in [0.15, 0.2) is 0 Å². The molecule has 0 radical (unpaired) electrons. The van der Waals surface area contributed by atoms with Crippen molar-refractivity contribution in [3.8, 4) is 5.69 Å². The molecule has 0 saturated carbocycles. The van der Waals surface area contributed by atoms with Crippen LogP contribution >= 0.6 is 0 Å². The maximum absolute atomic E-state index is 2.53. The minimum absolute atomic E-state index is 0.343. The zero-order valence-electron chi connectivity index (χ0n) is 29.0. The van der Waals surface area contributed by atoms with E-state index < -0.39 is 0 Å². The molecule has 11 rings (SSSR count). The first-order valence-electron chi connectivity index (χ1n) is 18.8. The number of benzene rings is 5. The summed E-state index contributed by atoms with van der Waals surface area (Å²) in [6, 6.07) is 43.0. The average molecular weight is 667 g/mol. The number of aromatic nitrogens is 1. The van der Waals surface area contributed by atoms with E-state index in [4.69, 9.17) is 0 Å². The van der Waals surface area contributed by atoms with Crippen LogP contribution in [-0.2, 0) is 0 Å². The summed E-state index contributed by atoms with van der Waals surface area (Å²) in [6.45, 7) is 0.